The zero-order chi connectivity index (χ0) is 12.4. The molecule has 1 saturated carbocycles. The van der Waals surface area contributed by atoms with Crippen LogP contribution in [0.2, 0.25) is 0 Å². The van der Waals surface area contributed by atoms with E-state index in [4.69, 9.17) is 10.9 Å². The maximum atomic E-state index is 11.5. The standard InChI is InChI=1S/C9H15N5O2S/c1-5(4-7(10)13-16)17-9-12-11-8(15)14(9)6-2-3-6/h5-6,16H,2-4H2,1H3,(H2,10,13)(H,11,15). The van der Waals surface area contributed by atoms with Crippen molar-refractivity contribution in [3.05, 3.63) is 10.5 Å². The average Bonchev–Trinajstić information content (AvgIpc) is 3.05. The van der Waals surface area contributed by atoms with Crippen LogP contribution in [0.1, 0.15) is 32.2 Å². The van der Waals surface area contributed by atoms with Crippen molar-refractivity contribution in [2.75, 3.05) is 0 Å². The molecule has 4 N–H and O–H groups in total. The highest BCUT2D eigenvalue weighted by Crippen LogP contribution is 2.36. The summed E-state index contributed by atoms with van der Waals surface area (Å²) in [6, 6.07) is 0.291. The van der Waals surface area contributed by atoms with E-state index in [0.717, 1.165) is 12.8 Å². The molecule has 0 aliphatic heterocycles. The van der Waals surface area contributed by atoms with Crippen LogP contribution in [0.4, 0.5) is 0 Å². The molecule has 8 heteroatoms. The maximum Gasteiger partial charge on any atom is 0.344 e. The predicted molar refractivity (Wildman–Crippen MR) is 64.5 cm³/mol. The first kappa shape index (κ1) is 12.0. The average molecular weight is 257 g/mol. The largest absolute Gasteiger partial charge is 0.409 e. The summed E-state index contributed by atoms with van der Waals surface area (Å²) < 4.78 is 1.69. The van der Waals surface area contributed by atoms with E-state index in [1.54, 1.807) is 4.57 Å². The molecule has 1 heterocycles. The van der Waals surface area contributed by atoms with Gasteiger partial charge in [0, 0.05) is 17.7 Å². The summed E-state index contributed by atoms with van der Waals surface area (Å²) in [6.07, 6.45) is 2.51. The molecular weight excluding hydrogens is 242 g/mol. The molecule has 0 bridgehead atoms. The molecule has 0 amide bonds. The molecule has 0 radical (unpaired) electrons. The normalized spacial score (nSPS) is 18.3. The number of rotatable bonds is 5. The molecule has 2 rings (SSSR count). The zero-order valence-electron chi connectivity index (χ0n) is 9.46. The van der Waals surface area contributed by atoms with E-state index >= 15 is 0 Å². The van der Waals surface area contributed by atoms with E-state index in [1.807, 2.05) is 6.92 Å². The Bertz CT molecular complexity index is 476. The van der Waals surface area contributed by atoms with E-state index in [-0.39, 0.29) is 16.8 Å². The number of nitrogens with zero attached hydrogens (tertiary/aromatic N) is 3. The lowest BCUT2D eigenvalue weighted by Crippen LogP contribution is -2.19. The Balaban J connectivity index is 2.05. The van der Waals surface area contributed by atoms with Crippen molar-refractivity contribution in [2.24, 2.45) is 10.9 Å². The molecule has 0 saturated heterocycles. The second-order valence-corrected chi connectivity index (χ2v) is 5.54. The molecule has 94 valence electrons. The topological polar surface area (TPSA) is 109 Å². The first-order valence-corrected chi connectivity index (χ1v) is 6.29. The van der Waals surface area contributed by atoms with E-state index in [0.29, 0.717) is 17.6 Å². The van der Waals surface area contributed by atoms with Gasteiger partial charge in [0.1, 0.15) is 5.84 Å². The quantitative estimate of drug-likeness (QED) is 0.234. The number of amidine groups is 1. The smallest absolute Gasteiger partial charge is 0.344 e. The van der Waals surface area contributed by atoms with Crippen molar-refractivity contribution in [3.63, 3.8) is 0 Å². The number of aromatic amines is 1. The molecule has 1 atom stereocenters. The van der Waals surface area contributed by atoms with Gasteiger partial charge >= 0.3 is 5.69 Å². The van der Waals surface area contributed by atoms with Crippen molar-refractivity contribution < 1.29 is 5.21 Å². The van der Waals surface area contributed by atoms with Crippen LogP contribution in [0.15, 0.2) is 15.1 Å². The number of aromatic nitrogens is 3. The number of H-pyrrole nitrogens is 1. The van der Waals surface area contributed by atoms with Gasteiger partial charge in [-0.3, -0.25) is 4.57 Å². The van der Waals surface area contributed by atoms with Crippen LogP contribution in [-0.4, -0.2) is 31.1 Å². The minimum atomic E-state index is -0.161. The van der Waals surface area contributed by atoms with Crippen LogP contribution in [-0.2, 0) is 0 Å². The summed E-state index contributed by atoms with van der Waals surface area (Å²) in [5.74, 6) is 0.181. The van der Waals surface area contributed by atoms with Crippen LogP contribution in [0, 0.1) is 0 Å². The van der Waals surface area contributed by atoms with Gasteiger partial charge in [0.05, 0.1) is 0 Å². The summed E-state index contributed by atoms with van der Waals surface area (Å²) in [4.78, 5) is 11.5. The Hall–Kier alpha value is -1.44. The van der Waals surface area contributed by atoms with Crippen molar-refractivity contribution in [3.8, 4) is 0 Å². The third-order valence-corrected chi connectivity index (χ3v) is 3.58. The first-order valence-electron chi connectivity index (χ1n) is 5.41. The molecule has 17 heavy (non-hydrogen) atoms. The van der Waals surface area contributed by atoms with Crippen molar-refractivity contribution in [1.82, 2.24) is 14.8 Å². The van der Waals surface area contributed by atoms with Gasteiger partial charge in [0.25, 0.3) is 0 Å². The van der Waals surface area contributed by atoms with E-state index in [2.05, 4.69) is 15.4 Å². The molecule has 1 aromatic heterocycles. The van der Waals surface area contributed by atoms with Crippen LogP contribution in [0.5, 0.6) is 0 Å². The number of hydrogen-bond acceptors (Lipinski definition) is 5. The molecule has 0 spiro atoms. The Kier molecular flexibility index (Phi) is 3.41. The van der Waals surface area contributed by atoms with E-state index < -0.39 is 0 Å². The third kappa shape index (κ3) is 2.82. The minimum Gasteiger partial charge on any atom is -0.409 e. The predicted octanol–water partition coefficient (Wildman–Crippen LogP) is 0.523. The third-order valence-electron chi connectivity index (χ3n) is 2.52. The van der Waals surface area contributed by atoms with E-state index in [9.17, 15) is 4.79 Å². The minimum absolute atomic E-state index is 0.0959. The molecule has 1 fully saturated rings. The van der Waals surface area contributed by atoms with Gasteiger partial charge in [0.2, 0.25) is 0 Å². The number of nitrogens with two attached hydrogens (primary N) is 1. The molecule has 1 unspecified atom stereocenters. The fourth-order valence-electron chi connectivity index (χ4n) is 1.59. The molecule has 1 aliphatic carbocycles. The molecule has 0 aromatic carbocycles. The summed E-state index contributed by atoms with van der Waals surface area (Å²) in [5, 5.41) is 18.6. The second-order valence-electron chi connectivity index (χ2n) is 4.14. The van der Waals surface area contributed by atoms with Crippen molar-refractivity contribution >= 4 is 17.6 Å². The van der Waals surface area contributed by atoms with Crippen LogP contribution in [0.25, 0.3) is 0 Å². The SMILES string of the molecule is CC(CC(N)=NO)Sc1n[nH]c(=O)n1C1CC1. The summed E-state index contributed by atoms with van der Waals surface area (Å²) in [7, 11) is 0. The second kappa shape index (κ2) is 4.82. The number of hydrogen-bond donors (Lipinski definition) is 3. The van der Waals surface area contributed by atoms with Gasteiger partial charge in [-0.2, -0.15) is 0 Å². The van der Waals surface area contributed by atoms with Crippen LogP contribution < -0.4 is 11.4 Å². The Morgan fingerprint density at radius 2 is 2.53 bits per heavy atom. The van der Waals surface area contributed by atoms with Crippen LogP contribution in [0.3, 0.4) is 0 Å². The fourth-order valence-corrected chi connectivity index (χ4v) is 2.64. The lowest BCUT2D eigenvalue weighted by atomic mass is 10.3. The zero-order valence-corrected chi connectivity index (χ0v) is 10.3. The summed E-state index contributed by atoms with van der Waals surface area (Å²) in [5.41, 5.74) is 5.27. The molecule has 7 nitrogen and oxygen atoms in total. The summed E-state index contributed by atoms with van der Waals surface area (Å²) >= 11 is 1.45. The van der Waals surface area contributed by atoms with Gasteiger partial charge in [-0.1, -0.05) is 23.8 Å². The number of nitrogens with one attached hydrogen (secondary N) is 1. The number of oxime groups is 1. The van der Waals surface area contributed by atoms with E-state index in [1.165, 1.54) is 11.8 Å². The molecule has 1 aromatic rings. The van der Waals surface area contributed by atoms with Crippen LogP contribution >= 0.6 is 11.8 Å². The lowest BCUT2D eigenvalue weighted by molar-refractivity contribution is 0.317. The van der Waals surface area contributed by atoms with Crippen molar-refractivity contribution in [2.45, 2.75) is 42.6 Å². The highest BCUT2D eigenvalue weighted by atomic mass is 32.2. The number of thioether (sulfide) groups is 1. The highest BCUT2D eigenvalue weighted by Gasteiger charge is 2.29. The molecule has 1 aliphatic rings. The first-order chi connectivity index (χ1) is 8.11. The Morgan fingerprint density at radius 3 is 3.12 bits per heavy atom. The van der Waals surface area contributed by atoms with Gasteiger partial charge in [-0.15, -0.1) is 5.10 Å². The van der Waals surface area contributed by atoms with Gasteiger partial charge in [-0.05, 0) is 12.8 Å². The van der Waals surface area contributed by atoms with Crippen molar-refractivity contribution in [1.29, 1.82) is 0 Å². The van der Waals surface area contributed by atoms with Gasteiger partial charge < -0.3 is 10.9 Å². The van der Waals surface area contributed by atoms with Gasteiger partial charge in [0.15, 0.2) is 5.16 Å². The Labute approximate surface area is 102 Å². The fraction of sp³-hybridized carbons (Fsp3) is 0.667. The maximum absolute atomic E-state index is 11.5. The Morgan fingerprint density at radius 1 is 1.82 bits per heavy atom. The monoisotopic (exact) mass is 257 g/mol. The highest BCUT2D eigenvalue weighted by molar-refractivity contribution is 7.99. The molecular formula is C9H15N5O2S. The summed E-state index contributed by atoms with van der Waals surface area (Å²) in [6.45, 7) is 1.94. The lowest BCUT2D eigenvalue weighted by Gasteiger charge is -2.09. The van der Waals surface area contributed by atoms with Gasteiger partial charge in [-0.25, -0.2) is 9.89 Å².